The molecule has 0 spiro atoms. The van der Waals surface area contributed by atoms with Gasteiger partial charge in [-0.05, 0) is 250 Å². The molecule has 14 aromatic rings. The Kier molecular flexibility index (Phi) is 26.5. The van der Waals surface area contributed by atoms with Crippen LogP contribution in [-0.4, -0.2) is 16.5 Å². The van der Waals surface area contributed by atoms with Gasteiger partial charge in [0.15, 0.2) is 74.6 Å². The van der Waals surface area contributed by atoms with Crippen LogP contribution in [0.25, 0.3) is 0 Å². The summed E-state index contributed by atoms with van der Waals surface area (Å²) in [5, 5.41) is 10.2. The van der Waals surface area contributed by atoms with Gasteiger partial charge < -0.3 is 9.84 Å². The SMILES string of the molecule is Cc1ccc([S+](c2ccc(C)cc2)c2ccc(C)cc2)cc1.Cc1ccc([S+](c2ccccc2)c2ccc(C)cc2)cc1.Cc1ccc([S+](c2ccccc2)c2ccccc2)c(C)c1.Oc1ccc([S+](c2ccccc2)c2ccccc2)cc1.c1ccc([S+]2c3ccccc3OC3CCCCC32)cc1. The third kappa shape index (κ3) is 19.8. The van der Waals surface area contributed by atoms with Gasteiger partial charge in [0, 0.05) is 5.56 Å². The highest BCUT2D eigenvalue weighted by molar-refractivity contribution is 7.98. The molecule has 104 heavy (non-hydrogen) atoms. The molecule has 1 aliphatic carbocycles. The Morgan fingerprint density at radius 1 is 0.279 bits per heavy atom. The lowest BCUT2D eigenvalue weighted by atomic mass is 9.97. The molecule has 0 radical (unpaired) electrons. The van der Waals surface area contributed by atoms with Crippen molar-refractivity contribution in [2.24, 2.45) is 0 Å². The minimum absolute atomic E-state index is 0.0312. The maximum Gasteiger partial charge on any atom is 0.202 e. The summed E-state index contributed by atoms with van der Waals surface area (Å²) in [4.78, 5) is 19.0. The summed E-state index contributed by atoms with van der Waals surface area (Å²) in [7, 11) is -0.0636. The number of hydrogen-bond donors (Lipinski definition) is 1. The fraction of sp³-hybridized carbons (Fsp3) is 0.134. The van der Waals surface area contributed by atoms with Crippen molar-refractivity contribution in [2.75, 3.05) is 0 Å². The first-order valence-electron chi connectivity index (χ1n) is 35.9. The number of ether oxygens (including phenoxy) is 1. The third-order valence-electron chi connectivity index (χ3n) is 18.1. The zero-order valence-electron chi connectivity index (χ0n) is 60.6. The average molecular weight is 1450 g/mol. The van der Waals surface area contributed by atoms with Gasteiger partial charge in [-0.3, -0.25) is 0 Å². The molecular formula is C97H93O2S5+5. The highest BCUT2D eigenvalue weighted by Crippen LogP contribution is 2.45. The van der Waals surface area contributed by atoms with Gasteiger partial charge in [-0.1, -0.05) is 228 Å². The molecule has 0 saturated heterocycles. The van der Waals surface area contributed by atoms with E-state index in [2.05, 4.69) is 382 Å². The van der Waals surface area contributed by atoms with Crippen LogP contribution >= 0.6 is 0 Å². The normalized spacial score (nSPS) is 14.1. The van der Waals surface area contributed by atoms with E-state index in [1.54, 1.807) is 12.1 Å². The van der Waals surface area contributed by atoms with Gasteiger partial charge in [-0.15, -0.1) is 0 Å². The van der Waals surface area contributed by atoms with Gasteiger partial charge in [0.1, 0.15) is 11.9 Å². The van der Waals surface area contributed by atoms with Crippen LogP contribution in [0.15, 0.2) is 439 Å². The predicted octanol–water partition coefficient (Wildman–Crippen LogP) is 25.4. The molecule has 3 unspecified atom stereocenters. The van der Waals surface area contributed by atoms with Crippen LogP contribution in [-0.2, 0) is 54.5 Å². The van der Waals surface area contributed by atoms with Gasteiger partial charge >= 0.3 is 0 Å². The summed E-state index contributed by atoms with van der Waals surface area (Å²) in [6, 6.07) is 132. The summed E-state index contributed by atoms with van der Waals surface area (Å²) in [5.41, 5.74) is 9.21. The molecule has 0 aromatic heterocycles. The van der Waals surface area contributed by atoms with Crippen LogP contribution < -0.4 is 4.74 Å². The monoisotopic (exact) mass is 1450 g/mol. The molecule has 3 atom stereocenters. The summed E-state index contributed by atoms with van der Waals surface area (Å²) < 4.78 is 6.29. The minimum atomic E-state index is -0.134. The minimum Gasteiger partial charge on any atom is -0.508 e. The second kappa shape index (κ2) is 37.2. The standard InChI is InChI=1S/C21H21S.2C20H19S.C18H19OS.C18H14OS/c1-16-4-10-19(11-5-16)22(20-12-6-17(2)7-13-20)21-14-8-18(3)9-15-21;1-16-13-14-20(17(2)15-16)21(18-9-5-3-6-10-18)19-11-7-4-8-12-19;1-16-8-12-19(13-9-16)21(18-6-4-3-5-7-18)20-14-10-17(2)11-15-20;1-2-8-14(9-3-1)20-17-12-6-4-10-15(17)19-16-11-5-7-13-18(16)20;19-15-11-13-18(14-12-15)20(16-7-3-1-4-8-16)17-9-5-2-6-10-17/h4-15H,1-3H3;2*3-15H,1-2H3;1-4,6,8-10,12,16,18H,5,7,11,13H2;1-14H/q4*+1;/p+1. The van der Waals surface area contributed by atoms with Crippen LogP contribution in [0.3, 0.4) is 0 Å². The van der Waals surface area contributed by atoms with Crippen molar-refractivity contribution in [2.45, 2.75) is 154 Å². The Morgan fingerprint density at radius 3 is 0.904 bits per heavy atom. The molecule has 1 heterocycles. The highest BCUT2D eigenvalue weighted by atomic mass is 32.2. The number of para-hydroxylation sites is 1. The second-order valence-electron chi connectivity index (χ2n) is 26.2. The van der Waals surface area contributed by atoms with Crippen LogP contribution in [0, 0.1) is 48.5 Å². The van der Waals surface area contributed by atoms with E-state index < -0.39 is 0 Å². The Balaban J connectivity index is 0.000000122. The number of rotatable bonds is 13. The van der Waals surface area contributed by atoms with Crippen molar-refractivity contribution in [3.05, 3.63) is 409 Å². The molecule has 1 saturated carbocycles. The number of phenols is 1. The van der Waals surface area contributed by atoms with Crippen molar-refractivity contribution < 1.29 is 9.84 Å². The molecule has 2 aliphatic rings. The smallest absolute Gasteiger partial charge is 0.202 e. The van der Waals surface area contributed by atoms with Gasteiger partial charge in [-0.25, -0.2) is 0 Å². The fourth-order valence-corrected chi connectivity index (χ4v) is 24.0. The lowest BCUT2D eigenvalue weighted by molar-refractivity contribution is 0.150. The Labute approximate surface area is 633 Å². The van der Waals surface area contributed by atoms with E-state index in [9.17, 15) is 5.11 Å². The maximum absolute atomic E-state index is 9.48. The molecule has 0 amide bonds. The zero-order chi connectivity index (χ0) is 72.0. The van der Waals surface area contributed by atoms with Gasteiger partial charge in [0.25, 0.3) is 0 Å². The molecule has 1 fully saturated rings. The maximum atomic E-state index is 9.48. The second-order valence-corrected chi connectivity index (χ2v) is 36.5. The molecule has 2 nitrogen and oxygen atoms in total. The lowest BCUT2D eigenvalue weighted by Crippen LogP contribution is -2.44. The number of hydrogen-bond acceptors (Lipinski definition) is 2. The first-order chi connectivity index (χ1) is 50.9. The molecule has 14 aromatic carbocycles. The van der Waals surface area contributed by atoms with Crippen LogP contribution in [0.5, 0.6) is 11.5 Å². The Morgan fingerprint density at radius 2 is 0.558 bits per heavy atom. The van der Waals surface area contributed by atoms with Crippen molar-refractivity contribution in [3.63, 3.8) is 0 Å². The van der Waals surface area contributed by atoms with Crippen molar-refractivity contribution >= 4 is 54.5 Å². The lowest BCUT2D eigenvalue weighted by Gasteiger charge is -2.35. The predicted molar refractivity (Wildman–Crippen MR) is 444 cm³/mol. The summed E-state index contributed by atoms with van der Waals surface area (Å²) in [6.45, 7) is 15.1. The van der Waals surface area contributed by atoms with Crippen LogP contribution in [0.4, 0.5) is 0 Å². The van der Waals surface area contributed by atoms with E-state index in [-0.39, 0.29) is 54.5 Å². The van der Waals surface area contributed by atoms with Crippen molar-refractivity contribution in [3.8, 4) is 11.5 Å². The van der Waals surface area contributed by atoms with E-state index in [0.29, 0.717) is 17.1 Å². The summed E-state index contributed by atoms with van der Waals surface area (Å²) in [5.74, 6) is 1.42. The van der Waals surface area contributed by atoms with E-state index in [1.807, 2.05) is 24.3 Å². The fourth-order valence-electron chi connectivity index (χ4n) is 12.8. The molecule has 1 N–H and O–H groups in total. The molecule has 1 aliphatic heterocycles. The first kappa shape index (κ1) is 74.2. The summed E-state index contributed by atoms with van der Waals surface area (Å²) >= 11 is 0. The van der Waals surface area contributed by atoms with Crippen molar-refractivity contribution in [1.82, 2.24) is 0 Å². The number of fused-ring (bicyclic) bond motifs is 2. The topological polar surface area (TPSA) is 29.5 Å². The molecule has 7 heteroatoms. The summed E-state index contributed by atoms with van der Waals surface area (Å²) in [6.07, 6.45) is 5.60. The highest BCUT2D eigenvalue weighted by Gasteiger charge is 2.49. The van der Waals surface area contributed by atoms with E-state index in [4.69, 9.17) is 4.74 Å². The third-order valence-corrected chi connectivity index (χ3v) is 29.9. The van der Waals surface area contributed by atoms with Gasteiger partial charge in [-0.2, -0.15) is 0 Å². The molecular weight excluding hydrogens is 1360 g/mol. The number of aryl methyl sites for hydroxylation is 7. The van der Waals surface area contributed by atoms with Crippen molar-refractivity contribution in [1.29, 1.82) is 0 Å². The van der Waals surface area contributed by atoms with E-state index in [1.165, 1.54) is 133 Å². The van der Waals surface area contributed by atoms with E-state index in [0.717, 1.165) is 5.75 Å². The average Bonchev–Trinajstić information content (AvgIpc) is 0.766. The quantitative estimate of drug-likeness (QED) is 0.117. The van der Waals surface area contributed by atoms with Crippen LogP contribution in [0.1, 0.15) is 64.6 Å². The van der Waals surface area contributed by atoms with Crippen LogP contribution in [0.2, 0.25) is 0 Å². The first-order valence-corrected chi connectivity index (χ1v) is 42.1. The zero-order valence-corrected chi connectivity index (χ0v) is 64.7. The Hall–Kier alpha value is -9.57. The molecule has 16 rings (SSSR count). The van der Waals surface area contributed by atoms with E-state index >= 15 is 0 Å². The van der Waals surface area contributed by atoms with Gasteiger partial charge in [0.2, 0.25) is 4.90 Å². The number of aromatic hydroxyl groups is 1. The number of benzene rings is 14. The largest absolute Gasteiger partial charge is 0.508 e. The Bertz CT molecular complexity index is 4640. The number of phenolic OH excluding ortho intramolecular Hbond substituents is 1. The molecule has 0 bridgehead atoms. The van der Waals surface area contributed by atoms with Gasteiger partial charge in [0.05, 0.1) is 54.5 Å². The molecule has 518 valence electrons.